The van der Waals surface area contributed by atoms with Crippen LogP contribution >= 0.6 is 0 Å². The summed E-state index contributed by atoms with van der Waals surface area (Å²) in [6, 6.07) is 80.1. The number of hydrogen-bond donors (Lipinski definition) is 0. The number of rotatable bonds is 7. The second kappa shape index (κ2) is 14.6. The number of benzene rings is 9. The van der Waals surface area contributed by atoms with Gasteiger partial charge < -0.3 is 4.42 Å². The van der Waals surface area contributed by atoms with E-state index < -0.39 is 8.07 Å². The molecule has 0 atom stereocenters. The zero-order chi connectivity index (χ0) is 41.0. The Morgan fingerprint density at radius 1 is 0.290 bits per heavy atom. The van der Waals surface area contributed by atoms with Crippen LogP contribution in [-0.2, 0) is 0 Å². The van der Waals surface area contributed by atoms with E-state index in [1.54, 1.807) is 0 Å². The van der Waals surface area contributed by atoms with Gasteiger partial charge >= 0.3 is 0 Å². The minimum Gasteiger partial charge on any atom is -0.456 e. The highest BCUT2D eigenvalue weighted by Gasteiger charge is 2.49. The molecule has 0 saturated heterocycles. The maximum Gasteiger partial charge on any atom is 0.180 e. The topological polar surface area (TPSA) is 51.8 Å². The van der Waals surface area contributed by atoms with Gasteiger partial charge in [0.1, 0.15) is 11.2 Å². The number of hydrogen-bond acceptors (Lipinski definition) is 4. The van der Waals surface area contributed by atoms with Crippen LogP contribution in [0.1, 0.15) is 0 Å². The van der Waals surface area contributed by atoms with Gasteiger partial charge in [-0.05, 0) is 90.5 Å². The molecule has 1 aliphatic rings. The average Bonchev–Trinajstić information content (AvgIpc) is 3.87. The highest BCUT2D eigenvalue weighted by Crippen LogP contribution is 2.40. The molecule has 0 fully saturated rings. The summed E-state index contributed by atoms with van der Waals surface area (Å²) in [6.45, 7) is 0. The predicted octanol–water partition coefficient (Wildman–Crippen LogP) is 11.5. The number of furan rings is 1. The molecule has 0 unspecified atom stereocenters. The third-order valence-corrected chi connectivity index (χ3v) is 17.3. The zero-order valence-corrected chi connectivity index (χ0v) is 34.6. The van der Waals surface area contributed by atoms with E-state index in [0.29, 0.717) is 17.5 Å². The maximum atomic E-state index is 6.53. The summed E-state index contributed by atoms with van der Waals surface area (Å²) in [5.74, 6) is 1.81. The fourth-order valence-electron chi connectivity index (χ4n) is 9.60. The summed E-state index contributed by atoms with van der Waals surface area (Å²) in [6.07, 6.45) is 0. The van der Waals surface area contributed by atoms with E-state index in [-0.39, 0.29) is 0 Å². The minimum atomic E-state index is -2.83. The number of aromatic nitrogens is 3. The van der Waals surface area contributed by atoms with Crippen molar-refractivity contribution >= 4 is 50.8 Å². The molecule has 0 N–H and O–H groups in total. The molecule has 1 aliphatic heterocycles. The van der Waals surface area contributed by atoms with Gasteiger partial charge in [-0.1, -0.05) is 188 Å². The van der Waals surface area contributed by atoms with Crippen molar-refractivity contribution in [2.75, 3.05) is 0 Å². The van der Waals surface area contributed by atoms with Gasteiger partial charge in [0, 0.05) is 27.5 Å². The molecule has 9 aromatic carbocycles. The first-order valence-corrected chi connectivity index (χ1v) is 23.0. The molecular weight excluding hydrogens is 771 g/mol. The van der Waals surface area contributed by atoms with Crippen molar-refractivity contribution in [3.63, 3.8) is 0 Å². The van der Waals surface area contributed by atoms with Gasteiger partial charge in [0.15, 0.2) is 25.5 Å². The largest absolute Gasteiger partial charge is 0.456 e. The van der Waals surface area contributed by atoms with E-state index in [9.17, 15) is 0 Å². The lowest BCUT2D eigenvalue weighted by Crippen LogP contribution is -2.72. The van der Waals surface area contributed by atoms with E-state index in [0.717, 1.165) is 55.3 Å². The van der Waals surface area contributed by atoms with Crippen molar-refractivity contribution in [1.82, 2.24) is 15.0 Å². The summed E-state index contributed by atoms with van der Waals surface area (Å²) in [5.41, 5.74) is 11.4. The zero-order valence-electron chi connectivity index (χ0n) is 33.6. The lowest BCUT2D eigenvalue weighted by Gasteiger charge is -2.31. The van der Waals surface area contributed by atoms with Crippen molar-refractivity contribution < 1.29 is 4.42 Å². The van der Waals surface area contributed by atoms with E-state index in [4.69, 9.17) is 19.4 Å². The fraction of sp³-hybridized carbons (Fsp3) is 0. The monoisotopic (exact) mass is 807 g/mol. The van der Waals surface area contributed by atoms with Crippen molar-refractivity contribution in [1.29, 1.82) is 0 Å². The lowest BCUT2D eigenvalue weighted by atomic mass is 9.94. The summed E-state index contributed by atoms with van der Waals surface area (Å²) in [5, 5.41) is 7.52. The Morgan fingerprint density at radius 2 is 0.839 bits per heavy atom. The molecule has 2 aromatic heterocycles. The van der Waals surface area contributed by atoms with Gasteiger partial charge in [0.25, 0.3) is 0 Å². The van der Waals surface area contributed by atoms with Crippen LogP contribution in [0.25, 0.3) is 89.5 Å². The molecule has 62 heavy (non-hydrogen) atoms. The second-order valence-corrected chi connectivity index (χ2v) is 19.6. The fourth-order valence-corrected chi connectivity index (χ4v) is 14.8. The summed E-state index contributed by atoms with van der Waals surface area (Å²) in [7, 11) is -2.83. The standard InChI is InChI=1S/C57H37N3OSi/c1-6-18-38(19-7-1)41-31-33-51-48(34-41)45-32-30-42(35-52(45)61-51)56-58-55(40-22-10-3-11-23-40)59-57(60-56)50-37-54-49(36-47(50)39-20-8-2-9-21-39)46-28-16-17-29-53(46)62(54,43-24-12-4-13-25-43)44-26-14-5-15-27-44/h1-37H. The second-order valence-electron chi connectivity index (χ2n) is 15.9. The molecule has 290 valence electrons. The Balaban J connectivity index is 1.11. The van der Waals surface area contributed by atoms with Gasteiger partial charge in [-0.3, -0.25) is 0 Å². The van der Waals surface area contributed by atoms with Crippen LogP contribution in [0.4, 0.5) is 0 Å². The first-order chi connectivity index (χ1) is 30.7. The average molecular weight is 808 g/mol. The van der Waals surface area contributed by atoms with E-state index in [1.165, 1.54) is 37.4 Å². The van der Waals surface area contributed by atoms with Gasteiger partial charge in [0.05, 0.1) is 0 Å². The molecule has 0 spiro atoms. The number of nitrogens with zero attached hydrogens (tertiary/aromatic N) is 3. The molecule has 0 bridgehead atoms. The van der Waals surface area contributed by atoms with Crippen LogP contribution in [-0.4, -0.2) is 23.0 Å². The van der Waals surface area contributed by atoms with E-state index in [2.05, 4.69) is 200 Å². The minimum absolute atomic E-state index is 0.582. The van der Waals surface area contributed by atoms with Crippen LogP contribution < -0.4 is 20.7 Å². The molecular formula is C57H37N3OSi. The summed E-state index contributed by atoms with van der Waals surface area (Å²) >= 11 is 0. The maximum absolute atomic E-state index is 6.53. The van der Waals surface area contributed by atoms with Crippen LogP contribution in [0, 0.1) is 0 Å². The molecule has 0 aliphatic carbocycles. The van der Waals surface area contributed by atoms with Crippen molar-refractivity contribution in [2.24, 2.45) is 0 Å². The molecule has 0 saturated carbocycles. The van der Waals surface area contributed by atoms with Gasteiger partial charge in [-0.25, -0.2) is 15.0 Å². The molecule has 12 rings (SSSR count). The Morgan fingerprint density at radius 3 is 1.52 bits per heavy atom. The third-order valence-electron chi connectivity index (χ3n) is 12.4. The molecule has 0 amide bonds. The van der Waals surface area contributed by atoms with Crippen LogP contribution in [0.15, 0.2) is 229 Å². The molecule has 5 heteroatoms. The molecule has 0 radical (unpaired) electrons. The van der Waals surface area contributed by atoms with Crippen LogP contribution in [0.3, 0.4) is 0 Å². The summed E-state index contributed by atoms with van der Waals surface area (Å²) in [4.78, 5) is 16.0. The first-order valence-electron chi connectivity index (χ1n) is 21.0. The van der Waals surface area contributed by atoms with Gasteiger partial charge in [0.2, 0.25) is 0 Å². The molecule has 3 heterocycles. The Labute approximate surface area is 360 Å². The molecule has 4 nitrogen and oxygen atoms in total. The lowest BCUT2D eigenvalue weighted by molar-refractivity contribution is 0.669. The quantitative estimate of drug-likeness (QED) is 0.151. The Hall–Kier alpha value is -7.99. The summed E-state index contributed by atoms with van der Waals surface area (Å²) < 4.78 is 6.53. The van der Waals surface area contributed by atoms with Gasteiger partial charge in [-0.2, -0.15) is 0 Å². The Bertz CT molecular complexity index is 3410. The van der Waals surface area contributed by atoms with E-state index in [1.807, 2.05) is 24.3 Å². The van der Waals surface area contributed by atoms with E-state index >= 15 is 0 Å². The Kier molecular flexibility index (Phi) is 8.47. The third kappa shape index (κ3) is 5.78. The SMILES string of the molecule is c1ccc(-c2ccc3oc4cc(-c5nc(-c6ccccc6)nc(-c6cc7c(cc6-c6ccccc6)-c6ccccc6[Si]7(c6ccccc6)c6ccccc6)n5)ccc4c3c2)cc1. The first kappa shape index (κ1) is 35.9. The van der Waals surface area contributed by atoms with Gasteiger partial charge in [-0.15, -0.1) is 0 Å². The highest BCUT2D eigenvalue weighted by atomic mass is 28.3. The van der Waals surface area contributed by atoms with Crippen molar-refractivity contribution in [2.45, 2.75) is 0 Å². The predicted molar refractivity (Wildman–Crippen MR) is 257 cm³/mol. The normalized spacial score (nSPS) is 12.6. The van der Waals surface area contributed by atoms with Crippen molar-refractivity contribution in [3.8, 4) is 67.5 Å². The van der Waals surface area contributed by atoms with Crippen molar-refractivity contribution in [3.05, 3.63) is 224 Å². The van der Waals surface area contributed by atoms with Crippen LogP contribution in [0.5, 0.6) is 0 Å². The smallest absolute Gasteiger partial charge is 0.180 e. The number of fused-ring (bicyclic) bond motifs is 6. The van der Waals surface area contributed by atoms with Crippen LogP contribution in [0.2, 0.25) is 0 Å². The molecule has 11 aromatic rings. The highest BCUT2D eigenvalue weighted by molar-refractivity contribution is 7.22.